The van der Waals surface area contributed by atoms with Crippen LogP contribution in [0.3, 0.4) is 0 Å². The molecular weight excluding hydrogens is 354 g/mol. The molecule has 0 radical (unpaired) electrons. The Balaban J connectivity index is 1.67. The minimum Gasteiger partial charge on any atom is -0.339 e. The number of nitrogens with zero attached hydrogens (tertiary/aromatic N) is 5. The van der Waals surface area contributed by atoms with Crippen LogP contribution in [0.2, 0.25) is 0 Å². The molecule has 1 aliphatic heterocycles. The van der Waals surface area contributed by atoms with Crippen LogP contribution in [0.1, 0.15) is 12.8 Å². The number of rotatable bonds is 6. The first-order valence-electron chi connectivity index (χ1n) is 7.79. The van der Waals surface area contributed by atoms with Crippen LogP contribution < -0.4 is 9.62 Å². The normalized spacial score (nSPS) is 18.7. The molecule has 3 rings (SSSR count). The fourth-order valence-electron chi connectivity index (χ4n) is 2.72. The number of hydrogen-bond donors (Lipinski definition) is 1. The lowest BCUT2D eigenvalue weighted by Gasteiger charge is -2.32. The van der Waals surface area contributed by atoms with E-state index in [9.17, 15) is 17.2 Å². The quantitative estimate of drug-likeness (QED) is 0.809. The molecule has 11 heteroatoms. The van der Waals surface area contributed by atoms with Gasteiger partial charge in [-0.3, -0.25) is 4.68 Å². The van der Waals surface area contributed by atoms with Gasteiger partial charge in [0, 0.05) is 37.7 Å². The van der Waals surface area contributed by atoms with E-state index in [1.165, 1.54) is 0 Å². The molecule has 2 aromatic heterocycles. The van der Waals surface area contributed by atoms with Gasteiger partial charge in [0.05, 0.1) is 6.20 Å². The summed E-state index contributed by atoms with van der Waals surface area (Å²) in [6.07, 6.45) is 4.31. The van der Waals surface area contributed by atoms with E-state index in [1.54, 1.807) is 18.5 Å². The van der Waals surface area contributed by atoms with Crippen molar-refractivity contribution in [2.24, 2.45) is 0 Å². The third-order valence-corrected chi connectivity index (χ3v) is 5.30. The third-order valence-electron chi connectivity index (χ3n) is 3.82. The minimum absolute atomic E-state index is 0.124. The molecule has 8 nitrogen and oxygen atoms in total. The van der Waals surface area contributed by atoms with Crippen molar-refractivity contribution in [3.63, 3.8) is 0 Å². The molecule has 1 atom stereocenters. The molecule has 0 saturated carbocycles. The number of piperidine rings is 1. The predicted octanol–water partition coefficient (Wildman–Crippen LogP) is 0.885. The molecule has 0 bridgehead atoms. The van der Waals surface area contributed by atoms with Crippen LogP contribution in [-0.4, -0.2) is 53.7 Å². The van der Waals surface area contributed by atoms with Crippen LogP contribution in [0.15, 0.2) is 35.7 Å². The monoisotopic (exact) mass is 372 g/mol. The van der Waals surface area contributed by atoms with E-state index in [-0.39, 0.29) is 10.9 Å². The molecule has 0 aliphatic carbocycles. The van der Waals surface area contributed by atoms with Gasteiger partial charge in [-0.15, -0.1) is 0 Å². The zero-order chi connectivity index (χ0) is 17.9. The van der Waals surface area contributed by atoms with E-state index in [2.05, 4.69) is 19.8 Å². The Labute approximate surface area is 143 Å². The molecule has 25 heavy (non-hydrogen) atoms. The number of alkyl halides is 2. The maximum absolute atomic E-state index is 12.4. The number of halogens is 2. The van der Waals surface area contributed by atoms with Gasteiger partial charge in [-0.2, -0.15) is 5.10 Å². The minimum atomic E-state index is -3.83. The summed E-state index contributed by atoms with van der Waals surface area (Å²) < 4.78 is 53.1. The number of sulfonamides is 1. The van der Waals surface area contributed by atoms with Crippen molar-refractivity contribution in [2.75, 3.05) is 18.0 Å². The van der Waals surface area contributed by atoms with Gasteiger partial charge in [0.1, 0.15) is 11.4 Å². The number of hydrogen-bond acceptors (Lipinski definition) is 6. The van der Waals surface area contributed by atoms with Crippen molar-refractivity contribution >= 4 is 16.0 Å². The van der Waals surface area contributed by atoms with Gasteiger partial charge >= 0.3 is 0 Å². The van der Waals surface area contributed by atoms with E-state index in [1.807, 2.05) is 4.90 Å². The molecule has 1 aliphatic rings. The van der Waals surface area contributed by atoms with Crippen LogP contribution >= 0.6 is 0 Å². The average Bonchev–Trinajstić information content (AvgIpc) is 3.04. The van der Waals surface area contributed by atoms with E-state index < -0.39 is 23.0 Å². The largest absolute Gasteiger partial charge is 0.339 e. The summed E-state index contributed by atoms with van der Waals surface area (Å²) in [5, 5.41) is 3.67. The SMILES string of the molecule is O=S(=O)(N[C@@H]1CCCN(c2ncccn2)C1)c1cnn(CC(F)F)c1. The molecule has 0 spiro atoms. The van der Waals surface area contributed by atoms with Gasteiger partial charge in [-0.1, -0.05) is 0 Å². The standard InChI is InChI=1S/C14H18F2N6O2S/c15-13(16)10-22-9-12(7-19-22)25(23,24)20-11-3-1-6-21(8-11)14-17-4-2-5-18-14/h2,4-5,7,9,11,13,20H,1,3,6,8,10H2/t11-/m1/s1. The van der Waals surface area contributed by atoms with Crippen molar-refractivity contribution in [3.05, 3.63) is 30.9 Å². The molecule has 1 N–H and O–H groups in total. The third kappa shape index (κ3) is 4.48. The Kier molecular flexibility index (Phi) is 5.23. The van der Waals surface area contributed by atoms with Crippen LogP contribution in [0, 0.1) is 0 Å². The van der Waals surface area contributed by atoms with Gasteiger partial charge in [-0.05, 0) is 18.9 Å². The second-order valence-electron chi connectivity index (χ2n) is 5.74. The zero-order valence-corrected chi connectivity index (χ0v) is 14.1. The first kappa shape index (κ1) is 17.7. The lowest BCUT2D eigenvalue weighted by Crippen LogP contribution is -2.48. The van der Waals surface area contributed by atoms with E-state index in [0.29, 0.717) is 18.9 Å². The first-order chi connectivity index (χ1) is 11.9. The summed E-state index contributed by atoms with van der Waals surface area (Å²) in [7, 11) is -3.83. The van der Waals surface area contributed by atoms with E-state index >= 15 is 0 Å². The van der Waals surface area contributed by atoms with Crippen molar-refractivity contribution in [2.45, 2.75) is 36.7 Å². The summed E-state index contributed by atoms with van der Waals surface area (Å²) in [5.41, 5.74) is 0. The summed E-state index contributed by atoms with van der Waals surface area (Å²) in [5.74, 6) is 0.552. The van der Waals surface area contributed by atoms with Gasteiger partial charge < -0.3 is 4.90 Å². The topological polar surface area (TPSA) is 93.0 Å². The fraction of sp³-hybridized carbons (Fsp3) is 0.500. The van der Waals surface area contributed by atoms with Crippen LogP contribution in [0.4, 0.5) is 14.7 Å². The summed E-state index contributed by atoms with van der Waals surface area (Å²) >= 11 is 0. The van der Waals surface area contributed by atoms with Gasteiger partial charge in [-0.25, -0.2) is 31.9 Å². The molecule has 0 unspecified atom stereocenters. The highest BCUT2D eigenvalue weighted by Crippen LogP contribution is 2.17. The fourth-order valence-corrected chi connectivity index (χ4v) is 3.94. The lowest BCUT2D eigenvalue weighted by molar-refractivity contribution is 0.121. The second kappa shape index (κ2) is 7.40. The molecule has 136 valence electrons. The van der Waals surface area contributed by atoms with Gasteiger partial charge in [0.2, 0.25) is 16.0 Å². The van der Waals surface area contributed by atoms with E-state index in [4.69, 9.17) is 0 Å². The lowest BCUT2D eigenvalue weighted by atomic mass is 10.1. The Hall–Kier alpha value is -2.14. The smallest absolute Gasteiger partial charge is 0.257 e. The van der Waals surface area contributed by atoms with Crippen molar-refractivity contribution in [3.8, 4) is 0 Å². The highest BCUT2D eigenvalue weighted by atomic mass is 32.2. The molecule has 1 fully saturated rings. The maximum Gasteiger partial charge on any atom is 0.257 e. The summed E-state index contributed by atoms with van der Waals surface area (Å²) in [6, 6.07) is 1.39. The molecule has 0 amide bonds. The van der Waals surface area contributed by atoms with E-state index in [0.717, 1.165) is 30.0 Å². The Morgan fingerprint density at radius 1 is 1.32 bits per heavy atom. The van der Waals surface area contributed by atoms with Gasteiger partial charge in [0.25, 0.3) is 6.43 Å². The maximum atomic E-state index is 12.4. The average molecular weight is 372 g/mol. The van der Waals surface area contributed by atoms with Crippen molar-refractivity contribution in [1.29, 1.82) is 0 Å². The van der Waals surface area contributed by atoms with Crippen LogP contribution in [0.25, 0.3) is 0 Å². The summed E-state index contributed by atoms with van der Waals surface area (Å²) in [4.78, 5) is 10.1. The highest BCUT2D eigenvalue weighted by molar-refractivity contribution is 7.89. The molecule has 3 heterocycles. The molecule has 1 saturated heterocycles. The summed E-state index contributed by atoms with van der Waals surface area (Å²) in [6.45, 7) is 0.543. The Morgan fingerprint density at radius 3 is 2.80 bits per heavy atom. The second-order valence-corrected chi connectivity index (χ2v) is 7.46. The number of anilines is 1. The Morgan fingerprint density at radius 2 is 2.08 bits per heavy atom. The predicted molar refractivity (Wildman–Crippen MR) is 85.8 cm³/mol. The molecule has 0 aromatic carbocycles. The van der Waals surface area contributed by atoms with Crippen LogP contribution in [0.5, 0.6) is 0 Å². The van der Waals surface area contributed by atoms with Gasteiger partial charge in [0.15, 0.2) is 0 Å². The first-order valence-corrected chi connectivity index (χ1v) is 9.27. The van der Waals surface area contributed by atoms with Crippen LogP contribution in [-0.2, 0) is 16.6 Å². The van der Waals surface area contributed by atoms with Crippen molar-refractivity contribution in [1.82, 2.24) is 24.5 Å². The highest BCUT2D eigenvalue weighted by Gasteiger charge is 2.27. The number of nitrogens with one attached hydrogen (secondary N) is 1. The zero-order valence-electron chi connectivity index (χ0n) is 13.3. The van der Waals surface area contributed by atoms with Crippen molar-refractivity contribution < 1.29 is 17.2 Å². The molecular formula is C14H18F2N6O2S. The Bertz CT molecular complexity index is 799. The number of aromatic nitrogens is 4. The molecule has 2 aromatic rings.